The van der Waals surface area contributed by atoms with Gasteiger partial charge in [0.25, 0.3) is 0 Å². The van der Waals surface area contributed by atoms with Gasteiger partial charge >= 0.3 is 0 Å². The van der Waals surface area contributed by atoms with Crippen molar-refractivity contribution in [2.45, 2.75) is 44.2 Å². The zero-order valence-corrected chi connectivity index (χ0v) is 11.4. The molecular weight excluding hydrogens is 242 g/mol. The van der Waals surface area contributed by atoms with E-state index in [1.165, 1.54) is 12.8 Å². The molecule has 2 aliphatic rings. The Morgan fingerprint density at radius 1 is 1.42 bits per heavy atom. The largest absolute Gasteiger partial charge is 0.341 e. The second-order valence-corrected chi connectivity index (χ2v) is 5.55. The fourth-order valence-electron chi connectivity index (χ4n) is 2.58. The van der Waals surface area contributed by atoms with E-state index < -0.39 is 0 Å². The highest BCUT2D eigenvalue weighted by atomic mass is 16.2. The van der Waals surface area contributed by atoms with Crippen molar-refractivity contribution in [3.05, 3.63) is 12.2 Å². The lowest BCUT2D eigenvalue weighted by Gasteiger charge is -2.32. The van der Waals surface area contributed by atoms with Crippen molar-refractivity contribution in [3.8, 4) is 0 Å². The summed E-state index contributed by atoms with van der Waals surface area (Å²) >= 11 is 0. The molecule has 6 nitrogen and oxygen atoms in total. The topological polar surface area (TPSA) is 63.1 Å². The molecule has 19 heavy (non-hydrogen) atoms. The quantitative estimate of drug-likeness (QED) is 0.818. The van der Waals surface area contributed by atoms with Crippen molar-refractivity contribution >= 4 is 5.91 Å². The summed E-state index contributed by atoms with van der Waals surface area (Å²) in [5.74, 6) is 1.07. The minimum atomic E-state index is 0.0398. The summed E-state index contributed by atoms with van der Waals surface area (Å²) in [4.78, 5) is 18.5. The van der Waals surface area contributed by atoms with Gasteiger partial charge in [0.1, 0.15) is 6.33 Å². The van der Waals surface area contributed by atoms with Gasteiger partial charge in [0.15, 0.2) is 5.82 Å². The first-order valence-electron chi connectivity index (χ1n) is 7.12. The van der Waals surface area contributed by atoms with Crippen molar-refractivity contribution in [2.24, 2.45) is 7.05 Å². The number of hydrogen-bond donors (Lipinski definition) is 1. The van der Waals surface area contributed by atoms with Crippen LogP contribution in [0.4, 0.5) is 0 Å². The van der Waals surface area contributed by atoms with Gasteiger partial charge in [0.05, 0.1) is 6.04 Å². The van der Waals surface area contributed by atoms with Gasteiger partial charge in [0.2, 0.25) is 5.91 Å². The Bertz CT molecular complexity index is 454. The Labute approximate surface area is 113 Å². The van der Waals surface area contributed by atoms with Crippen LogP contribution in [0.25, 0.3) is 0 Å². The van der Waals surface area contributed by atoms with Crippen LogP contribution in [0.3, 0.4) is 0 Å². The van der Waals surface area contributed by atoms with Crippen molar-refractivity contribution in [3.63, 3.8) is 0 Å². The van der Waals surface area contributed by atoms with Crippen LogP contribution in [0.15, 0.2) is 6.33 Å². The van der Waals surface area contributed by atoms with Crippen molar-refractivity contribution in [1.82, 2.24) is 25.0 Å². The lowest BCUT2D eigenvalue weighted by molar-refractivity contribution is -0.136. The highest BCUT2D eigenvalue weighted by molar-refractivity contribution is 5.82. The number of hydrogen-bond acceptors (Lipinski definition) is 4. The first kappa shape index (κ1) is 12.6. The number of piperidine rings is 1. The Hall–Kier alpha value is -1.43. The molecule has 0 bridgehead atoms. The number of carbonyl (C=O) groups is 1. The molecule has 2 fully saturated rings. The Morgan fingerprint density at radius 2 is 2.26 bits per heavy atom. The van der Waals surface area contributed by atoms with Crippen LogP contribution in [0.1, 0.15) is 31.5 Å². The highest BCUT2D eigenvalue weighted by Crippen LogP contribution is 2.22. The molecule has 1 N–H and O–H groups in total. The number of carbonyl (C=O) groups excluding carboxylic acids is 1. The molecule has 2 heterocycles. The predicted octanol–water partition coefficient (Wildman–Crippen LogP) is 0.101. The second kappa shape index (κ2) is 5.28. The zero-order valence-electron chi connectivity index (χ0n) is 11.4. The van der Waals surface area contributed by atoms with Crippen LogP contribution < -0.4 is 5.32 Å². The molecule has 1 atom stereocenters. The van der Waals surface area contributed by atoms with Crippen LogP contribution in [-0.4, -0.2) is 50.7 Å². The monoisotopic (exact) mass is 263 g/mol. The lowest BCUT2D eigenvalue weighted by Crippen LogP contribution is -2.51. The lowest BCUT2D eigenvalue weighted by atomic mass is 10.0. The minimum Gasteiger partial charge on any atom is -0.341 e. The van der Waals surface area contributed by atoms with Crippen LogP contribution in [0.2, 0.25) is 0 Å². The van der Waals surface area contributed by atoms with Gasteiger partial charge in [-0.2, -0.15) is 5.10 Å². The normalized spacial score (nSPS) is 23.9. The number of likely N-dealkylation sites (tertiary alicyclic amines) is 1. The van der Waals surface area contributed by atoms with Gasteiger partial charge in [-0.05, 0) is 25.7 Å². The molecule has 1 saturated carbocycles. The minimum absolute atomic E-state index is 0.0398. The summed E-state index contributed by atoms with van der Waals surface area (Å²) in [6, 6.07) is 0.629. The van der Waals surface area contributed by atoms with Crippen molar-refractivity contribution in [2.75, 3.05) is 13.1 Å². The summed E-state index contributed by atoms with van der Waals surface area (Å²) in [5.41, 5.74) is 0. The molecule has 1 aliphatic heterocycles. The zero-order chi connectivity index (χ0) is 13.2. The molecule has 3 rings (SSSR count). The molecule has 1 amide bonds. The SMILES string of the molecule is Cn1cnc(CCN2CCCC(NC3CC3)C2=O)n1. The van der Waals surface area contributed by atoms with Crippen molar-refractivity contribution in [1.29, 1.82) is 0 Å². The van der Waals surface area contributed by atoms with Crippen LogP contribution in [-0.2, 0) is 18.3 Å². The Morgan fingerprint density at radius 3 is 2.95 bits per heavy atom. The average molecular weight is 263 g/mol. The van der Waals surface area contributed by atoms with Gasteiger partial charge in [-0.15, -0.1) is 0 Å². The first-order valence-corrected chi connectivity index (χ1v) is 7.12. The number of rotatable bonds is 5. The molecule has 104 valence electrons. The number of amides is 1. The molecular formula is C13H21N5O. The molecule has 0 aromatic carbocycles. The van der Waals surface area contributed by atoms with E-state index in [4.69, 9.17) is 0 Å². The predicted molar refractivity (Wildman–Crippen MR) is 70.5 cm³/mol. The van der Waals surface area contributed by atoms with E-state index >= 15 is 0 Å². The fourth-order valence-corrected chi connectivity index (χ4v) is 2.58. The number of nitrogens with zero attached hydrogens (tertiary/aromatic N) is 4. The van der Waals surface area contributed by atoms with E-state index in [1.54, 1.807) is 11.0 Å². The van der Waals surface area contributed by atoms with E-state index in [-0.39, 0.29) is 11.9 Å². The van der Waals surface area contributed by atoms with Crippen molar-refractivity contribution < 1.29 is 4.79 Å². The van der Waals surface area contributed by atoms with E-state index in [0.717, 1.165) is 38.2 Å². The Kier molecular flexibility index (Phi) is 3.50. The van der Waals surface area contributed by atoms with Crippen LogP contribution in [0.5, 0.6) is 0 Å². The molecule has 1 aromatic heterocycles. The molecule has 1 aromatic rings. The number of aromatic nitrogens is 3. The van der Waals surface area contributed by atoms with Gasteiger partial charge in [-0.25, -0.2) is 4.98 Å². The molecule has 0 spiro atoms. The van der Waals surface area contributed by atoms with Crippen LogP contribution in [0, 0.1) is 0 Å². The summed E-state index contributed by atoms with van der Waals surface area (Å²) in [6.07, 6.45) is 6.95. The van der Waals surface area contributed by atoms with E-state index in [9.17, 15) is 4.79 Å². The Balaban J connectivity index is 1.52. The van der Waals surface area contributed by atoms with E-state index in [1.807, 2.05) is 11.9 Å². The third-order valence-electron chi connectivity index (χ3n) is 3.80. The van der Waals surface area contributed by atoms with Gasteiger partial charge in [0, 0.05) is 32.6 Å². The second-order valence-electron chi connectivity index (χ2n) is 5.55. The molecule has 1 saturated heterocycles. The average Bonchev–Trinajstić information content (AvgIpc) is 3.12. The molecule has 1 aliphatic carbocycles. The number of nitrogens with one attached hydrogen (secondary N) is 1. The summed E-state index contributed by atoms with van der Waals surface area (Å²) in [7, 11) is 1.86. The maximum atomic E-state index is 12.3. The van der Waals surface area contributed by atoms with Gasteiger partial charge in [-0.1, -0.05) is 0 Å². The maximum Gasteiger partial charge on any atom is 0.239 e. The standard InChI is InChI=1S/C13H21N5O/c1-17-9-14-12(16-17)6-8-18-7-2-3-11(13(18)19)15-10-4-5-10/h9-11,15H,2-8H2,1H3. The van der Waals surface area contributed by atoms with Gasteiger partial charge < -0.3 is 10.2 Å². The van der Waals surface area contributed by atoms with E-state index in [0.29, 0.717) is 6.04 Å². The van der Waals surface area contributed by atoms with Gasteiger partial charge in [-0.3, -0.25) is 9.48 Å². The third-order valence-corrected chi connectivity index (χ3v) is 3.80. The summed E-state index contributed by atoms with van der Waals surface area (Å²) in [5, 5.41) is 7.70. The van der Waals surface area contributed by atoms with E-state index in [2.05, 4.69) is 15.4 Å². The smallest absolute Gasteiger partial charge is 0.239 e. The first-order chi connectivity index (χ1) is 9.22. The summed E-state index contributed by atoms with van der Waals surface area (Å²) in [6.45, 7) is 1.60. The maximum absolute atomic E-state index is 12.3. The number of aryl methyl sites for hydroxylation is 1. The van der Waals surface area contributed by atoms with Crippen LogP contribution >= 0.6 is 0 Å². The molecule has 6 heteroatoms. The molecule has 1 unspecified atom stereocenters. The molecule has 0 radical (unpaired) electrons. The highest BCUT2D eigenvalue weighted by Gasteiger charge is 2.33. The fraction of sp³-hybridized carbons (Fsp3) is 0.769. The third kappa shape index (κ3) is 3.12. The summed E-state index contributed by atoms with van der Waals surface area (Å²) < 4.78 is 1.70.